The Hall–Kier alpha value is -2.23. The minimum absolute atomic E-state index is 0.173. The Kier molecular flexibility index (Phi) is 7.51. The van der Waals surface area contributed by atoms with Crippen LogP contribution in [-0.2, 0) is 22.9 Å². The Morgan fingerprint density at radius 1 is 1.03 bits per heavy atom. The van der Waals surface area contributed by atoms with Crippen LogP contribution in [0.2, 0.25) is 0 Å². The van der Waals surface area contributed by atoms with Gasteiger partial charge < -0.3 is 10.6 Å². The fraction of sp³-hybridized carbons (Fsp3) is 0.455. The van der Waals surface area contributed by atoms with E-state index in [1.807, 2.05) is 13.8 Å². The van der Waals surface area contributed by atoms with E-state index in [-0.39, 0.29) is 16.7 Å². The van der Waals surface area contributed by atoms with Crippen molar-refractivity contribution in [2.24, 2.45) is 0 Å². The summed E-state index contributed by atoms with van der Waals surface area (Å²) in [6.07, 6.45) is 4.24. The van der Waals surface area contributed by atoms with Crippen LogP contribution in [0.3, 0.4) is 0 Å². The summed E-state index contributed by atoms with van der Waals surface area (Å²) in [5, 5.41) is 6.05. The molecule has 2 N–H and O–H groups in total. The van der Waals surface area contributed by atoms with Crippen molar-refractivity contribution in [1.82, 2.24) is 9.62 Å². The molecule has 1 aliphatic carbocycles. The molecule has 2 aromatic rings. The largest absolute Gasteiger partial charge is 0.355 e. The van der Waals surface area contributed by atoms with Gasteiger partial charge in [0.25, 0.3) is 11.8 Å². The Labute approximate surface area is 187 Å². The third-order valence-corrected chi connectivity index (χ3v) is 8.42. The Morgan fingerprint density at radius 3 is 2.26 bits per heavy atom. The fourth-order valence-electron chi connectivity index (χ4n) is 3.81. The summed E-state index contributed by atoms with van der Waals surface area (Å²) in [5.41, 5.74) is 1.91. The number of nitrogens with zero attached hydrogens (tertiary/aromatic N) is 1. The van der Waals surface area contributed by atoms with E-state index in [4.69, 9.17) is 0 Å². The molecule has 0 fully saturated rings. The number of anilines is 1. The number of carbonyl (C=O) groups excluding carboxylic acids is 2. The van der Waals surface area contributed by atoms with Gasteiger partial charge in [0.2, 0.25) is 10.0 Å². The third kappa shape index (κ3) is 4.83. The molecular weight excluding hydrogens is 434 g/mol. The molecule has 0 spiro atoms. The first-order valence-electron chi connectivity index (χ1n) is 10.6. The van der Waals surface area contributed by atoms with Crippen molar-refractivity contribution >= 4 is 38.2 Å². The molecule has 0 bridgehead atoms. The quantitative estimate of drug-likeness (QED) is 0.593. The molecule has 1 heterocycles. The summed E-state index contributed by atoms with van der Waals surface area (Å²) in [5.74, 6) is -0.573. The predicted octanol–water partition coefficient (Wildman–Crippen LogP) is 3.66. The summed E-state index contributed by atoms with van der Waals surface area (Å²) in [4.78, 5) is 26.5. The van der Waals surface area contributed by atoms with E-state index in [1.165, 1.54) is 39.9 Å². The second-order valence-electron chi connectivity index (χ2n) is 7.52. The van der Waals surface area contributed by atoms with Crippen LogP contribution in [0.15, 0.2) is 29.2 Å². The molecule has 0 unspecified atom stereocenters. The second kappa shape index (κ2) is 9.93. The van der Waals surface area contributed by atoms with Crippen molar-refractivity contribution in [2.75, 3.05) is 25.5 Å². The minimum atomic E-state index is -3.60. The molecule has 1 aromatic carbocycles. The van der Waals surface area contributed by atoms with Crippen LogP contribution in [0.5, 0.6) is 0 Å². The monoisotopic (exact) mass is 463 g/mol. The topological polar surface area (TPSA) is 95.6 Å². The average Bonchev–Trinajstić information content (AvgIpc) is 3.34. The van der Waals surface area contributed by atoms with E-state index in [0.717, 1.165) is 42.5 Å². The number of sulfonamides is 1. The summed E-state index contributed by atoms with van der Waals surface area (Å²) >= 11 is 1.44. The highest BCUT2D eigenvalue weighted by atomic mass is 32.2. The van der Waals surface area contributed by atoms with Crippen molar-refractivity contribution in [3.8, 4) is 0 Å². The molecule has 31 heavy (non-hydrogen) atoms. The molecule has 0 saturated carbocycles. The van der Waals surface area contributed by atoms with Gasteiger partial charge in [-0.3, -0.25) is 9.59 Å². The minimum Gasteiger partial charge on any atom is -0.355 e. The highest BCUT2D eigenvalue weighted by Crippen LogP contribution is 2.39. The van der Waals surface area contributed by atoms with Crippen LogP contribution in [0.1, 0.15) is 64.3 Å². The molecule has 2 amide bonds. The lowest BCUT2D eigenvalue weighted by atomic mass is 10.1. The number of hydrogen-bond acceptors (Lipinski definition) is 5. The maximum absolute atomic E-state index is 12.9. The van der Waals surface area contributed by atoms with Crippen LogP contribution in [0.25, 0.3) is 0 Å². The van der Waals surface area contributed by atoms with E-state index in [0.29, 0.717) is 29.2 Å². The smallest absolute Gasteiger partial charge is 0.256 e. The zero-order valence-corrected chi connectivity index (χ0v) is 19.8. The van der Waals surface area contributed by atoms with E-state index < -0.39 is 10.0 Å². The lowest BCUT2D eigenvalue weighted by Crippen LogP contribution is -2.32. The van der Waals surface area contributed by atoms with Crippen LogP contribution < -0.4 is 10.6 Å². The molecular formula is C22H29N3O4S2. The van der Waals surface area contributed by atoms with Gasteiger partial charge in [0.1, 0.15) is 5.00 Å². The number of carbonyl (C=O) groups is 2. The Bertz CT molecular complexity index is 1050. The number of hydrogen-bond donors (Lipinski definition) is 2. The van der Waals surface area contributed by atoms with Crippen LogP contribution in [0.4, 0.5) is 5.00 Å². The number of aryl methyl sites for hydroxylation is 1. The van der Waals surface area contributed by atoms with E-state index in [2.05, 4.69) is 10.6 Å². The molecule has 1 aromatic heterocycles. The zero-order valence-electron chi connectivity index (χ0n) is 18.2. The average molecular weight is 464 g/mol. The second-order valence-corrected chi connectivity index (χ2v) is 10.6. The van der Waals surface area contributed by atoms with Gasteiger partial charge in [-0.2, -0.15) is 4.31 Å². The first kappa shape index (κ1) is 23.4. The molecule has 3 rings (SSSR count). The van der Waals surface area contributed by atoms with Gasteiger partial charge in [-0.1, -0.05) is 13.8 Å². The van der Waals surface area contributed by atoms with Crippen molar-refractivity contribution in [1.29, 1.82) is 0 Å². The molecule has 0 aliphatic heterocycles. The highest BCUT2D eigenvalue weighted by molar-refractivity contribution is 7.89. The first-order valence-corrected chi connectivity index (χ1v) is 12.9. The van der Waals surface area contributed by atoms with Gasteiger partial charge in [-0.15, -0.1) is 11.3 Å². The molecule has 7 nitrogen and oxygen atoms in total. The summed E-state index contributed by atoms with van der Waals surface area (Å²) in [6, 6.07) is 5.96. The zero-order chi connectivity index (χ0) is 22.6. The molecule has 168 valence electrons. The first-order chi connectivity index (χ1) is 14.8. The predicted molar refractivity (Wildman–Crippen MR) is 123 cm³/mol. The van der Waals surface area contributed by atoms with Gasteiger partial charge in [0.15, 0.2) is 0 Å². The number of fused-ring (bicyclic) bond motifs is 1. The van der Waals surface area contributed by atoms with Crippen molar-refractivity contribution in [3.05, 3.63) is 45.8 Å². The summed E-state index contributed by atoms with van der Waals surface area (Å²) in [6.45, 7) is 4.81. The van der Waals surface area contributed by atoms with Crippen molar-refractivity contribution in [2.45, 2.75) is 50.8 Å². The van der Waals surface area contributed by atoms with Crippen molar-refractivity contribution in [3.63, 3.8) is 0 Å². The van der Waals surface area contributed by atoms with E-state index in [9.17, 15) is 18.0 Å². The van der Waals surface area contributed by atoms with Crippen LogP contribution in [-0.4, -0.2) is 44.7 Å². The van der Waals surface area contributed by atoms with Gasteiger partial charge in [-0.05, 0) is 61.9 Å². The van der Waals surface area contributed by atoms with Gasteiger partial charge >= 0.3 is 0 Å². The number of nitrogens with one attached hydrogen (secondary N) is 2. The van der Waals surface area contributed by atoms with Crippen molar-refractivity contribution < 1.29 is 18.0 Å². The fourth-order valence-corrected chi connectivity index (χ4v) is 6.72. The lowest BCUT2D eigenvalue weighted by Gasteiger charge is -2.21. The maximum Gasteiger partial charge on any atom is 0.256 e. The van der Waals surface area contributed by atoms with Crippen LogP contribution in [0, 0.1) is 0 Å². The number of thiophene rings is 1. The lowest BCUT2D eigenvalue weighted by molar-refractivity contribution is 0.0963. The van der Waals surface area contributed by atoms with Crippen LogP contribution >= 0.6 is 11.3 Å². The van der Waals surface area contributed by atoms with Gasteiger partial charge in [-0.25, -0.2) is 8.42 Å². The summed E-state index contributed by atoms with van der Waals surface area (Å²) < 4.78 is 27.3. The Morgan fingerprint density at radius 2 is 1.68 bits per heavy atom. The van der Waals surface area contributed by atoms with Gasteiger partial charge in [0.05, 0.1) is 10.5 Å². The van der Waals surface area contributed by atoms with Gasteiger partial charge in [0, 0.05) is 30.6 Å². The highest BCUT2D eigenvalue weighted by Gasteiger charge is 2.27. The summed E-state index contributed by atoms with van der Waals surface area (Å²) in [7, 11) is -2.02. The van der Waals surface area contributed by atoms with E-state index >= 15 is 0 Å². The standard InChI is InChI=1S/C22H29N3O4S2/c1-4-13-25(14-5-2)31(28,29)16-11-9-15(10-12-16)20(26)24-22-19(21(27)23-3)17-7-6-8-18(17)30-22/h9-12H,4-8,13-14H2,1-3H3,(H,23,27)(H,24,26). The van der Waals surface area contributed by atoms with E-state index in [1.54, 1.807) is 7.05 Å². The molecule has 0 atom stereocenters. The molecule has 9 heteroatoms. The normalized spacial score (nSPS) is 13.3. The maximum atomic E-state index is 12.9. The third-order valence-electron chi connectivity index (χ3n) is 5.30. The Balaban J connectivity index is 1.81. The molecule has 1 aliphatic rings. The number of rotatable bonds is 9. The SMILES string of the molecule is CCCN(CCC)S(=O)(=O)c1ccc(C(=O)Nc2sc3c(c2C(=O)NC)CCC3)cc1. The molecule has 0 radical (unpaired) electrons. The molecule has 0 saturated heterocycles. The number of amides is 2. The number of benzene rings is 1.